The van der Waals surface area contributed by atoms with Gasteiger partial charge in [0.05, 0.1) is 0 Å². The molecule has 1 aliphatic carbocycles. The van der Waals surface area contributed by atoms with Crippen LogP contribution in [0, 0.1) is 5.92 Å². The van der Waals surface area contributed by atoms with Crippen molar-refractivity contribution in [2.75, 3.05) is 5.75 Å². The Morgan fingerprint density at radius 3 is 2.50 bits per heavy atom. The van der Waals surface area contributed by atoms with E-state index in [2.05, 4.69) is 30.9 Å². The number of hydrogen-bond acceptors (Lipinski definition) is 2. The highest BCUT2D eigenvalue weighted by Crippen LogP contribution is 2.29. The van der Waals surface area contributed by atoms with Gasteiger partial charge in [-0.1, -0.05) is 26.2 Å². The first kappa shape index (κ1) is 12.8. The van der Waals surface area contributed by atoms with Crippen LogP contribution in [0.5, 0.6) is 0 Å². The molecule has 0 aromatic rings. The smallest absolute Gasteiger partial charge is 0.0186 e. The molecule has 1 nitrogen and oxygen atoms in total. The molecule has 16 heavy (non-hydrogen) atoms. The summed E-state index contributed by atoms with van der Waals surface area (Å²) in [5.41, 5.74) is 0. The van der Waals surface area contributed by atoms with E-state index in [4.69, 9.17) is 0 Å². The Bertz CT molecular complexity index is 201. The average Bonchev–Trinajstić information content (AvgIpc) is 2.33. The van der Waals surface area contributed by atoms with Crippen molar-refractivity contribution in [2.45, 2.75) is 76.1 Å². The summed E-state index contributed by atoms with van der Waals surface area (Å²) in [4.78, 5) is 0. The van der Waals surface area contributed by atoms with Gasteiger partial charge in [0.25, 0.3) is 0 Å². The lowest BCUT2D eigenvalue weighted by molar-refractivity contribution is 0.257. The van der Waals surface area contributed by atoms with Gasteiger partial charge in [-0.05, 0) is 44.3 Å². The summed E-state index contributed by atoms with van der Waals surface area (Å²) >= 11 is 2.15. The molecule has 2 fully saturated rings. The molecular formula is C14H27NS. The molecule has 94 valence electrons. The molecule has 0 aromatic carbocycles. The van der Waals surface area contributed by atoms with Gasteiger partial charge in [-0.25, -0.2) is 0 Å². The standard InChI is InChI=1S/C14H27NS/c1-11(13-7-4-3-5-8-13)15-14-9-6-10-16-12(14)2/h11-15H,3-10H2,1-2H3. The Morgan fingerprint density at radius 2 is 1.81 bits per heavy atom. The highest BCUT2D eigenvalue weighted by atomic mass is 32.2. The molecule has 1 saturated heterocycles. The van der Waals surface area contributed by atoms with Crippen molar-refractivity contribution < 1.29 is 0 Å². The minimum atomic E-state index is 0.742. The van der Waals surface area contributed by atoms with E-state index in [0.29, 0.717) is 0 Å². The highest BCUT2D eigenvalue weighted by Gasteiger charge is 2.26. The third-order valence-corrected chi connectivity index (χ3v) is 5.82. The van der Waals surface area contributed by atoms with Crippen LogP contribution in [0.4, 0.5) is 0 Å². The van der Waals surface area contributed by atoms with Crippen molar-refractivity contribution in [2.24, 2.45) is 5.92 Å². The summed E-state index contributed by atoms with van der Waals surface area (Å²) in [6.07, 6.45) is 10.1. The summed E-state index contributed by atoms with van der Waals surface area (Å²) < 4.78 is 0. The number of thioether (sulfide) groups is 1. The second-order valence-corrected chi connectivity index (χ2v) is 7.16. The first-order valence-electron chi connectivity index (χ1n) is 7.15. The molecule has 1 aliphatic heterocycles. The average molecular weight is 241 g/mol. The maximum Gasteiger partial charge on any atom is 0.0186 e. The minimum Gasteiger partial charge on any atom is -0.310 e. The van der Waals surface area contributed by atoms with Crippen LogP contribution in [0.2, 0.25) is 0 Å². The zero-order valence-corrected chi connectivity index (χ0v) is 11.7. The Morgan fingerprint density at radius 1 is 1.06 bits per heavy atom. The van der Waals surface area contributed by atoms with Crippen LogP contribution in [0.25, 0.3) is 0 Å². The lowest BCUT2D eigenvalue weighted by Gasteiger charge is -2.36. The van der Waals surface area contributed by atoms with E-state index in [1.807, 2.05) is 0 Å². The van der Waals surface area contributed by atoms with Crippen LogP contribution in [0.15, 0.2) is 0 Å². The predicted molar refractivity (Wildman–Crippen MR) is 74.1 cm³/mol. The first-order valence-corrected chi connectivity index (χ1v) is 8.20. The van der Waals surface area contributed by atoms with Crippen molar-refractivity contribution in [1.29, 1.82) is 0 Å². The fourth-order valence-corrected chi connectivity index (χ4v) is 4.40. The molecule has 1 saturated carbocycles. The topological polar surface area (TPSA) is 12.0 Å². The van der Waals surface area contributed by atoms with Crippen LogP contribution in [-0.2, 0) is 0 Å². The maximum atomic E-state index is 3.92. The Kier molecular flexibility index (Phi) is 5.02. The molecule has 0 spiro atoms. The van der Waals surface area contributed by atoms with E-state index in [9.17, 15) is 0 Å². The van der Waals surface area contributed by atoms with Crippen molar-refractivity contribution >= 4 is 11.8 Å². The third-order valence-electron chi connectivity index (χ3n) is 4.44. The molecule has 0 amide bonds. The number of nitrogens with one attached hydrogen (secondary N) is 1. The van der Waals surface area contributed by atoms with Gasteiger partial charge in [0.2, 0.25) is 0 Å². The maximum absolute atomic E-state index is 3.92. The molecule has 0 radical (unpaired) electrons. The second kappa shape index (κ2) is 6.30. The van der Waals surface area contributed by atoms with Gasteiger partial charge >= 0.3 is 0 Å². The second-order valence-electron chi connectivity index (χ2n) is 5.68. The molecule has 2 aliphatic rings. The molecule has 0 aromatic heterocycles. The van der Waals surface area contributed by atoms with Gasteiger partial charge in [-0.3, -0.25) is 0 Å². The minimum absolute atomic E-state index is 0.742. The molecule has 1 N–H and O–H groups in total. The fourth-order valence-electron chi connectivity index (χ4n) is 3.25. The van der Waals surface area contributed by atoms with Crippen molar-refractivity contribution in [3.8, 4) is 0 Å². The Balaban J connectivity index is 1.78. The van der Waals surface area contributed by atoms with Gasteiger partial charge in [0.15, 0.2) is 0 Å². The summed E-state index contributed by atoms with van der Waals surface area (Å²) in [6.45, 7) is 4.82. The molecule has 3 atom stereocenters. The Hall–Kier alpha value is 0.310. The van der Waals surface area contributed by atoms with Gasteiger partial charge in [-0.15, -0.1) is 0 Å². The lowest BCUT2D eigenvalue weighted by Crippen LogP contribution is -2.47. The molecule has 3 unspecified atom stereocenters. The van der Waals surface area contributed by atoms with Crippen LogP contribution < -0.4 is 5.32 Å². The van der Waals surface area contributed by atoms with Crippen molar-refractivity contribution in [1.82, 2.24) is 5.32 Å². The summed E-state index contributed by atoms with van der Waals surface area (Å²) in [5, 5.41) is 4.74. The zero-order valence-electron chi connectivity index (χ0n) is 10.9. The van der Waals surface area contributed by atoms with E-state index in [-0.39, 0.29) is 0 Å². The largest absolute Gasteiger partial charge is 0.310 e. The van der Waals surface area contributed by atoms with E-state index in [0.717, 1.165) is 23.3 Å². The normalized spacial score (nSPS) is 34.9. The highest BCUT2D eigenvalue weighted by molar-refractivity contribution is 7.99. The SMILES string of the molecule is CC(NC1CCCSC1C)C1CCCCC1. The van der Waals surface area contributed by atoms with Gasteiger partial charge in [0, 0.05) is 17.3 Å². The van der Waals surface area contributed by atoms with Crippen molar-refractivity contribution in [3.63, 3.8) is 0 Å². The summed E-state index contributed by atoms with van der Waals surface area (Å²) in [5.74, 6) is 2.32. The third kappa shape index (κ3) is 3.40. The van der Waals surface area contributed by atoms with E-state index in [1.54, 1.807) is 0 Å². The summed E-state index contributed by atoms with van der Waals surface area (Å²) in [7, 11) is 0. The molecular weight excluding hydrogens is 214 g/mol. The monoisotopic (exact) mass is 241 g/mol. The van der Waals surface area contributed by atoms with Crippen molar-refractivity contribution in [3.05, 3.63) is 0 Å². The van der Waals surface area contributed by atoms with E-state index < -0.39 is 0 Å². The van der Waals surface area contributed by atoms with Gasteiger partial charge < -0.3 is 5.32 Å². The number of rotatable bonds is 3. The number of hydrogen-bond donors (Lipinski definition) is 1. The molecule has 0 bridgehead atoms. The van der Waals surface area contributed by atoms with E-state index >= 15 is 0 Å². The zero-order chi connectivity index (χ0) is 11.4. The van der Waals surface area contributed by atoms with E-state index in [1.165, 1.54) is 50.7 Å². The van der Waals surface area contributed by atoms with Gasteiger partial charge in [-0.2, -0.15) is 11.8 Å². The summed E-state index contributed by atoms with van der Waals surface area (Å²) in [6, 6.07) is 1.52. The Labute approximate surface area is 105 Å². The molecule has 2 rings (SSSR count). The predicted octanol–water partition coefficient (Wildman–Crippen LogP) is 3.83. The lowest BCUT2D eigenvalue weighted by atomic mass is 9.84. The van der Waals surface area contributed by atoms with Crippen LogP contribution in [0.1, 0.15) is 58.8 Å². The van der Waals surface area contributed by atoms with Crippen LogP contribution in [-0.4, -0.2) is 23.1 Å². The van der Waals surface area contributed by atoms with Crippen LogP contribution in [0.3, 0.4) is 0 Å². The quantitative estimate of drug-likeness (QED) is 0.806. The molecule has 1 heterocycles. The fraction of sp³-hybridized carbons (Fsp3) is 1.00. The van der Waals surface area contributed by atoms with Gasteiger partial charge in [0.1, 0.15) is 0 Å². The molecule has 2 heteroatoms. The van der Waals surface area contributed by atoms with Crippen LogP contribution >= 0.6 is 11.8 Å². The first-order chi connectivity index (χ1) is 7.77.